The normalized spacial score (nSPS) is 20.6. The molecule has 21 heavy (non-hydrogen) atoms. The van der Waals surface area contributed by atoms with Crippen LogP contribution < -0.4 is 5.32 Å². The number of pyridine rings is 1. The van der Waals surface area contributed by atoms with Crippen LogP contribution in [0.5, 0.6) is 0 Å². The van der Waals surface area contributed by atoms with Gasteiger partial charge in [-0.25, -0.2) is 0 Å². The molecule has 0 radical (unpaired) electrons. The first-order chi connectivity index (χ1) is 9.96. The lowest BCUT2D eigenvalue weighted by Gasteiger charge is -2.19. The molecule has 5 heteroatoms. The van der Waals surface area contributed by atoms with Gasteiger partial charge >= 0.3 is 0 Å². The first-order valence-electron chi connectivity index (χ1n) is 7.24. The number of benzene rings is 1. The Morgan fingerprint density at radius 3 is 2.81 bits per heavy atom. The van der Waals surface area contributed by atoms with E-state index in [0.717, 1.165) is 23.9 Å². The average molecular weight is 285 g/mol. The second kappa shape index (κ2) is 4.98. The number of nitrogens with one attached hydrogen (secondary N) is 1. The fourth-order valence-corrected chi connectivity index (χ4v) is 3.24. The van der Waals surface area contributed by atoms with E-state index in [2.05, 4.69) is 24.1 Å². The molecule has 1 atom stereocenters. The second-order valence-electron chi connectivity index (χ2n) is 6.56. The molecule has 1 aromatic carbocycles. The number of rotatable bonds is 3. The van der Waals surface area contributed by atoms with Crippen molar-refractivity contribution in [3.8, 4) is 0 Å². The van der Waals surface area contributed by atoms with Gasteiger partial charge < -0.3 is 5.32 Å². The summed E-state index contributed by atoms with van der Waals surface area (Å²) in [5, 5.41) is 16.1. The van der Waals surface area contributed by atoms with E-state index >= 15 is 0 Å². The van der Waals surface area contributed by atoms with Crippen LogP contribution in [0.1, 0.15) is 33.1 Å². The maximum absolute atomic E-state index is 11.1. The van der Waals surface area contributed by atoms with Crippen LogP contribution >= 0.6 is 0 Å². The van der Waals surface area contributed by atoms with Gasteiger partial charge in [0, 0.05) is 35.6 Å². The zero-order chi connectivity index (χ0) is 15.0. The van der Waals surface area contributed by atoms with E-state index in [1.165, 1.54) is 6.42 Å². The van der Waals surface area contributed by atoms with E-state index in [0.29, 0.717) is 16.8 Å². The molecule has 1 fully saturated rings. The summed E-state index contributed by atoms with van der Waals surface area (Å²) in [7, 11) is 0. The van der Waals surface area contributed by atoms with Crippen LogP contribution in [-0.4, -0.2) is 15.9 Å². The minimum atomic E-state index is -0.355. The van der Waals surface area contributed by atoms with Gasteiger partial charge in [0.25, 0.3) is 5.69 Å². The molecule has 1 aliphatic rings. The number of hydrogen-bond donors (Lipinski definition) is 1. The highest BCUT2D eigenvalue weighted by Crippen LogP contribution is 2.39. The molecular weight excluding hydrogens is 266 g/mol. The van der Waals surface area contributed by atoms with Crippen molar-refractivity contribution in [2.45, 2.75) is 39.2 Å². The van der Waals surface area contributed by atoms with Crippen LogP contribution in [0, 0.1) is 15.5 Å². The van der Waals surface area contributed by atoms with Gasteiger partial charge in [-0.15, -0.1) is 0 Å². The Morgan fingerprint density at radius 1 is 1.33 bits per heavy atom. The standard InChI is InChI=1S/C16H19N3O2/c1-16(2)7-5-11(9-16)18-14-3-4-15(19(20)21)13-10-17-8-6-12(13)14/h3-4,6,8,10-11,18H,5,7,9H2,1-2H3. The van der Waals surface area contributed by atoms with Crippen molar-refractivity contribution in [2.24, 2.45) is 5.41 Å². The predicted molar refractivity (Wildman–Crippen MR) is 83.4 cm³/mol. The van der Waals surface area contributed by atoms with Crippen molar-refractivity contribution in [1.82, 2.24) is 4.98 Å². The van der Waals surface area contributed by atoms with Crippen molar-refractivity contribution in [3.05, 3.63) is 40.7 Å². The summed E-state index contributed by atoms with van der Waals surface area (Å²) < 4.78 is 0. The van der Waals surface area contributed by atoms with Crippen molar-refractivity contribution in [1.29, 1.82) is 0 Å². The lowest BCUT2D eigenvalue weighted by Crippen LogP contribution is -2.17. The van der Waals surface area contributed by atoms with E-state index in [-0.39, 0.29) is 10.6 Å². The lowest BCUT2D eigenvalue weighted by molar-refractivity contribution is -0.383. The molecule has 0 bridgehead atoms. The third-order valence-corrected chi connectivity index (χ3v) is 4.32. The molecule has 0 saturated heterocycles. The Hall–Kier alpha value is -2.17. The second-order valence-corrected chi connectivity index (χ2v) is 6.56. The van der Waals surface area contributed by atoms with Gasteiger partial charge in [-0.05, 0) is 36.8 Å². The van der Waals surface area contributed by atoms with Crippen LogP contribution in [0.15, 0.2) is 30.6 Å². The number of anilines is 1. The molecule has 0 aliphatic heterocycles. The van der Waals surface area contributed by atoms with Crippen molar-refractivity contribution in [3.63, 3.8) is 0 Å². The lowest BCUT2D eigenvalue weighted by atomic mass is 9.92. The van der Waals surface area contributed by atoms with Crippen molar-refractivity contribution in [2.75, 3.05) is 5.32 Å². The van der Waals surface area contributed by atoms with Gasteiger partial charge in [0.1, 0.15) is 0 Å². The number of non-ortho nitro benzene ring substituents is 1. The van der Waals surface area contributed by atoms with E-state index in [1.807, 2.05) is 12.1 Å². The summed E-state index contributed by atoms with van der Waals surface area (Å²) >= 11 is 0. The largest absolute Gasteiger partial charge is 0.382 e. The first-order valence-corrected chi connectivity index (χ1v) is 7.24. The van der Waals surface area contributed by atoms with E-state index < -0.39 is 0 Å². The van der Waals surface area contributed by atoms with Gasteiger partial charge in [0.15, 0.2) is 0 Å². The monoisotopic (exact) mass is 285 g/mol. The van der Waals surface area contributed by atoms with E-state index in [4.69, 9.17) is 0 Å². The Labute approximate surface area is 123 Å². The molecule has 0 spiro atoms. The fourth-order valence-electron chi connectivity index (χ4n) is 3.24. The van der Waals surface area contributed by atoms with E-state index in [1.54, 1.807) is 18.5 Å². The number of hydrogen-bond acceptors (Lipinski definition) is 4. The van der Waals surface area contributed by atoms with E-state index in [9.17, 15) is 10.1 Å². The molecule has 1 heterocycles. The number of nitro groups is 1. The number of aromatic nitrogens is 1. The van der Waals surface area contributed by atoms with Crippen molar-refractivity contribution < 1.29 is 4.92 Å². The minimum Gasteiger partial charge on any atom is -0.382 e. The molecular formula is C16H19N3O2. The smallest absolute Gasteiger partial charge is 0.278 e. The number of fused-ring (bicyclic) bond motifs is 1. The quantitative estimate of drug-likeness (QED) is 0.680. The Morgan fingerprint density at radius 2 is 2.14 bits per heavy atom. The highest BCUT2D eigenvalue weighted by atomic mass is 16.6. The highest BCUT2D eigenvalue weighted by Gasteiger charge is 2.31. The molecule has 1 N–H and O–H groups in total. The summed E-state index contributed by atoms with van der Waals surface area (Å²) in [5.41, 5.74) is 1.44. The van der Waals surface area contributed by atoms with Crippen LogP contribution in [0.3, 0.4) is 0 Å². The maximum Gasteiger partial charge on any atom is 0.278 e. The molecule has 0 amide bonds. The molecule has 1 saturated carbocycles. The Bertz CT molecular complexity index is 697. The fraction of sp³-hybridized carbons (Fsp3) is 0.438. The van der Waals surface area contributed by atoms with Crippen LogP contribution in [0.4, 0.5) is 11.4 Å². The zero-order valence-electron chi connectivity index (χ0n) is 12.3. The maximum atomic E-state index is 11.1. The predicted octanol–water partition coefficient (Wildman–Crippen LogP) is 4.13. The summed E-state index contributed by atoms with van der Waals surface area (Å²) in [6.07, 6.45) is 6.71. The van der Waals surface area contributed by atoms with Gasteiger partial charge in [-0.3, -0.25) is 15.1 Å². The Kier molecular flexibility index (Phi) is 3.27. The summed E-state index contributed by atoms with van der Waals surface area (Å²) in [5.74, 6) is 0. The van der Waals surface area contributed by atoms with Gasteiger partial charge in [0.2, 0.25) is 0 Å². The molecule has 110 valence electrons. The number of nitro benzene ring substituents is 1. The molecule has 3 rings (SSSR count). The third kappa shape index (κ3) is 2.68. The third-order valence-electron chi connectivity index (χ3n) is 4.32. The number of nitrogens with zero attached hydrogens (tertiary/aromatic N) is 2. The van der Waals surface area contributed by atoms with Gasteiger partial charge in [0.05, 0.1) is 10.3 Å². The molecule has 1 aromatic heterocycles. The summed E-state index contributed by atoms with van der Waals surface area (Å²) in [4.78, 5) is 14.8. The Balaban J connectivity index is 1.97. The summed E-state index contributed by atoms with van der Waals surface area (Å²) in [6.45, 7) is 4.57. The highest BCUT2D eigenvalue weighted by molar-refractivity contribution is 5.99. The molecule has 1 aliphatic carbocycles. The summed E-state index contributed by atoms with van der Waals surface area (Å²) in [6, 6.07) is 5.64. The van der Waals surface area contributed by atoms with Crippen LogP contribution in [-0.2, 0) is 0 Å². The van der Waals surface area contributed by atoms with Gasteiger partial charge in [-0.2, -0.15) is 0 Å². The molecule has 5 nitrogen and oxygen atoms in total. The molecule has 1 unspecified atom stereocenters. The first kappa shape index (κ1) is 13.8. The zero-order valence-corrected chi connectivity index (χ0v) is 12.3. The van der Waals surface area contributed by atoms with Gasteiger partial charge in [-0.1, -0.05) is 13.8 Å². The SMILES string of the molecule is CC1(C)CCC(Nc2ccc([N+](=O)[O-])c3cnccc23)C1. The average Bonchev–Trinajstić information content (AvgIpc) is 2.78. The minimum absolute atomic E-state index is 0.107. The topological polar surface area (TPSA) is 68.1 Å². The van der Waals surface area contributed by atoms with Crippen molar-refractivity contribution >= 4 is 22.1 Å². The molecule has 2 aromatic rings. The van der Waals surface area contributed by atoms with Crippen LogP contribution in [0.25, 0.3) is 10.8 Å². The van der Waals surface area contributed by atoms with Crippen LogP contribution in [0.2, 0.25) is 0 Å².